The van der Waals surface area contributed by atoms with Gasteiger partial charge >= 0.3 is 0 Å². The standard InChI is InChI=1S/C16H21ClN2O/c1-2-14(15-12-7-11(18)8-13(12)15)19-16(20)9-3-5-10(17)6-4-9/h3-6,11-15H,2,7-8,18H2,1H3,(H,19,20)/t11-,12-,13+,14?,15+. The normalized spacial score (nSPS) is 32.5. The van der Waals surface area contributed by atoms with E-state index in [0.717, 1.165) is 31.1 Å². The maximum atomic E-state index is 12.3. The van der Waals surface area contributed by atoms with Gasteiger partial charge in [0, 0.05) is 22.7 Å². The third kappa shape index (κ3) is 2.57. The Morgan fingerprint density at radius 1 is 1.35 bits per heavy atom. The van der Waals surface area contributed by atoms with Gasteiger partial charge in [0.2, 0.25) is 0 Å². The molecule has 2 aliphatic carbocycles. The van der Waals surface area contributed by atoms with Crippen molar-refractivity contribution >= 4 is 17.5 Å². The third-order valence-corrected chi connectivity index (χ3v) is 5.13. The van der Waals surface area contributed by atoms with Gasteiger partial charge in [-0.25, -0.2) is 0 Å². The Morgan fingerprint density at radius 2 is 1.95 bits per heavy atom. The predicted octanol–water partition coefficient (Wildman–Crippen LogP) is 2.83. The van der Waals surface area contributed by atoms with Crippen molar-refractivity contribution in [2.45, 2.75) is 38.3 Å². The molecule has 20 heavy (non-hydrogen) atoms. The van der Waals surface area contributed by atoms with Gasteiger partial charge in [0.25, 0.3) is 5.91 Å². The van der Waals surface area contributed by atoms with Crippen LogP contribution in [0.3, 0.4) is 0 Å². The Balaban J connectivity index is 1.61. The SMILES string of the molecule is CCC(NC(=O)c1ccc(Cl)cc1)[C@H]1[C@@H]2C[C@@H](N)C[C@@H]21. The average molecular weight is 293 g/mol. The number of carbonyl (C=O) groups is 1. The molecule has 1 amide bonds. The fourth-order valence-electron chi connectivity index (χ4n) is 3.85. The smallest absolute Gasteiger partial charge is 0.251 e. The lowest BCUT2D eigenvalue weighted by Gasteiger charge is -2.20. The molecule has 2 aliphatic rings. The molecule has 0 aromatic heterocycles. The molecule has 0 saturated heterocycles. The number of amides is 1. The lowest BCUT2D eigenvalue weighted by Crippen LogP contribution is -2.38. The Labute approximate surface area is 124 Å². The van der Waals surface area contributed by atoms with E-state index in [1.165, 1.54) is 0 Å². The van der Waals surface area contributed by atoms with E-state index in [9.17, 15) is 4.79 Å². The Bertz CT molecular complexity index is 490. The van der Waals surface area contributed by atoms with Crippen molar-refractivity contribution < 1.29 is 4.79 Å². The molecule has 108 valence electrons. The highest BCUT2D eigenvalue weighted by Gasteiger charge is 2.57. The summed E-state index contributed by atoms with van der Waals surface area (Å²) in [7, 11) is 0. The Morgan fingerprint density at radius 3 is 2.50 bits per heavy atom. The minimum absolute atomic E-state index is 0.00258. The van der Waals surface area contributed by atoms with Crippen molar-refractivity contribution in [2.75, 3.05) is 0 Å². The quantitative estimate of drug-likeness (QED) is 0.896. The molecule has 1 aromatic rings. The van der Waals surface area contributed by atoms with Gasteiger partial charge in [0.1, 0.15) is 0 Å². The first kappa shape index (κ1) is 13.9. The van der Waals surface area contributed by atoms with Crippen molar-refractivity contribution in [3.05, 3.63) is 34.9 Å². The van der Waals surface area contributed by atoms with Crippen LogP contribution in [0.15, 0.2) is 24.3 Å². The van der Waals surface area contributed by atoms with E-state index in [0.29, 0.717) is 22.5 Å². The van der Waals surface area contributed by atoms with Gasteiger partial charge in [0.15, 0.2) is 0 Å². The summed E-state index contributed by atoms with van der Waals surface area (Å²) in [4.78, 5) is 12.3. The van der Waals surface area contributed by atoms with Gasteiger partial charge in [0.05, 0.1) is 0 Å². The molecule has 0 spiro atoms. The molecule has 3 rings (SSSR count). The Hall–Kier alpha value is -1.06. The van der Waals surface area contributed by atoms with Crippen molar-refractivity contribution in [1.29, 1.82) is 0 Å². The summed E-state index contributed by atoms with van der Waals surface area (Å²) < 4.78 is 0. The molecule has 2 fully saturated rings. The number of nitrogens with two attached hydrogens (primary N) is 1. The van der Waals surface area contributed by atoms with Gasteiger partial charge in [-0.1, -0.05) is 18.5 Å². The van der Waals surface area contributed by atoms with Crippen LogP contribution in [0.4, 0.5) is 0 Å². The maximum Gasteiger partial charge on any atom is 0.251 e. The molecule has 0 radical (unpaired) electrons. The summed E-state index contributed by atoms with van der Waals surface area (Å²) in [5.41, 5.74) is 6.64. The monoisotopic (exact) mass is 292 g/mol. The summed E-state index contributed by atoms with van der Waals surface area (Å²) in [6, 6.07) is 7.71. The zero-order chi connectivity index (χ0) is 14.3. The fourth-order valence-corrected chi connectivity index (χ4v) is 3.98. The molecule has 1 aromatic carbocycles. The summed E-state index contributed by atoms with van der Waals surface area (Å²) in [5.74, 6) is 2.11. The van der Waals surface area contributed by atoms with E-state index in [-0.39, 0.29) is 11.9 Å². The van der Waals surface area contributed by atoms with Gasteiger partial charge in [-0.2, -0.15) is 0 Å². The van der Waals surface area contributed by atoms with Gasteiger partial charge in [-0.3, -0.25) is 4.79 Å². The van der Waals surface area contributed by atoms with Crippen molar-refractivity contribution in [3.8, 4) is 0 Å². The van der Waals surface area contributed by atoms with Gasteiger partial charge in [-0.15, -0.1) is 0 Å². The molecule has 1 unspecified atom stereocenters. The predicted molar refractivity (Wildman–Crippen MR) is 80.7 cm³/mol. The first-order valence-corrected chi connectivity index (χ1v) is 7.80. The average Bonchev–Trinajstić information content (AvgIpc) is 2.92. The van der Waals surface area contributed by atoms with Crippen LogP contribution < -0.4 is 11.1 Å². The summed E-state index contributed by atoms with van der Waals surface area (Å²) >= 11 is 5.84. The zero-order valence-electron chi connectivity index (χ0n) is 11.7. The number of hydrogen-bond acceptors (Lipinski definition) is 2. The topological polar surface area (TPSA) is 55.1 Å². The summed E-state index contributed by atoms with van der Waals surface area (Å²) in [5, 5.41) is 3.84. The van der Waals surface area contributed by atoms with Gasteiger partial charge in [-0.05, 0) is 61.3 Å². The third-order valence-electron chi connectivity index (χ3n) is 4.88. The number of hydrogen-bond donors (Lipinski definition) is 2. The number of benzene rings is 1. The lowest BCUT2D eigenvalue weighted by molar-refractivity contribution is 0.0927. The van der Waals surface area contributed by atoms with Crippen molar-refractivity contribution in [1.82, 2.24) is 5.32 Å². The molecule has 0 aliphatic heterocycles. The number of rotatable bonds is 4. The second kappa shape index (κ2) is 5.38. The van der Waals surface area contributed by atoms with E-state index in [1.54, 1.807) is 24.3 Å². The summed E-state index contributed by atoms with van der Waals surface area (Å²) in [6.45, 7) is 2.14. The Kier molecular flexibility index (Phi) is 3.74. The number of halogens is 1. The molecule has 3 nitrogen and oxygen atoms in total. The molecule has 3 N–H and O–H groups in total. The second-order valence-electron chi connectivity index (χ2n) is 6.13. The highest BCUT2D eigenvalue weighted by atomic mass is 35.5. The molecular formula is C16H21ClN2O. The minimum Gasteiger partial charge on any atom is -0.349 e. The summed E-state index contributed by atoms with van der Waals surface area (Å²) in [6.07, 6.45) is 3.23. The van der Waals surface area contributed by atoms with Crippen LogP contribution in [-0.2, 0) is 0 Å². The highest BCUT2D eigenvalue weighted by Crippen LogP contribution is 2.58. The van der Waals surface area contributed by atoms with Crippen LogP contribution in [0, 0.1) is 17.8 Å². The van der Waals surface area contributed by atoms with Crippen LogP contribution in [0.5, 0.6) is 0 Å². The maximum absolute atomic E-state index is 12.3. The number of nitrogens with one attached hydrogen (secondary N) is 1. The van der Waals surface area contributed by atoms with Gasteiger partial charge < -0.3 is 11.1 Å². The van der Waals surface area contributed by atoms with Crippen LogP contribution in [0.2, 0.25) is 5.02 Å². The molecule has 0 heterocycles. The van der Waals surface area contributed by atoms with E-state index >= 15 is 0 Å². The van der Waals surface area contributed by atoms with Crippen LogP contribution in [0.1, 0.15) is 36.5 Å². The van der Waals surface area contributed by atoms with E-state index < -0.39 is 0 Å². The molecule has 4 heteroatoms. The number of fused-ring (bicyclic) bond motifs is 1. The lowest BCUT2D eigenvalue weighted by atomic mass is 9.99. The molecule has 2 saturated carbocycles. The van der Waals surface area contributed by atoms with E-state index in [1.807, 2.05) is 0 Å². The number of carbonyl (C=O) groups excluding carboxylic acids is 1. The minimum atomic E-state index is 0.00258. The second-order valence-corrected chi connectivity index (χ2v) is 6.57. The van der Waals surface area contributed by atoms with Crippen LogP contribution in [-0.4, -0.2) is 18.0 Å². The largest absolute Gasteiger partial charge is 0.349 e. The van der Waals surface area contributed by atoms with Crippen LogP contribution in [0.25, 0.3) is 0 Å². The van der Waals surface area contributed by atoms with E-state index in [2.05, 4.69) is 12.2 Å². The van der Waals surface area contributed by atoms with Crippen LogP contribution >= 0.6 is 11.6 Å². The molecule has 5 atom stereocenters. The first-order valence-electron chi connectivity index (χ1n) is 7.42. The van der Waals surface area contributed by atoms with E-state index in [4.69, 9.17) is 17.3 Å². The molecule has 0 bridgehead atoms. The zero-order valence-corrected chi connectivity index (χ0v) is 12.4. The molecular weight excluding hydrogens is 272 g/mol. The first-order chi connectivity index (χ1) is 9.60. The highest BCUT2D eigenvalue weighted by molar-refractivity contribution is 6.30. The van der Waals surface area contributed by atoms with Crippen molar-refractivity contribution in [3.63, 3.8) is 0 Å². The van der Waals surface area contributed by atoms with Crippen molar-refractivity contribution in [2.24, 2.45) is 23.5 Å². The fraction of sp³-hybridized carbons (Fsp3) is 0.562.